The zero-order valence-electron chi connectivity index (χ0n) is 17.9. The molecule has 1 N–H and O–H groups in total. The van der Waals surface area contributed by atoms with Crippen LogP contribution in [-0.4, -0.2) is 49.6 Å². The first-order valence-electron chi connectivity index (χ1n) is 9.88. The van der Waals surface area contributed by atoms with Crippen molar-refractivity contribution in [2.45, 2.75) is 58.8 Å². The van der Waals surface area contributed by atoms with Crippen LogP contribution in [0.4, 0.5) is 0 Å². The van der Waals surface area contributed by atoms with Crippen LogP contribution in [0.2, 0.25) is 5.02 Å². The van der Waals surface area contributed by atoms with Crippen molar-refractivity contribution in [1.29, 1.82) is 0 Å². The molecule has 2 amide bonds. The van der Waals surface area contributed by atoms with Crippen LogP contribution in [0.25, 0.3) is 0 Å². The SMILES string of the molecule is CC(C)(C)C(NC(=O)C(C)(C)N1CCC1=O)C(Oc1ccc(Cl)cc1)n1cncn1. The molecule has 1 aliphatic rings. The molecule has 2 unspecified atom stereocenters. The van der Waals surface area contributed by atoms with Gasteiger partial charge in [-0.05, 0) is 43.5 Å². The number of halogens is 1. The highest BCUT2D eigenvalue weighted by Crippen LogP contribution is 2.32. The first-order chi connectivity index (χ1) is 14.0. The number of nitrogens with one attached hydrogen (secondary N) is 1. The Bertz CT molecular complexity index is 890. The number of carbonyl (C=O) groups excluding carboxylic acids is 2. The minimum Gasteiger partial charge on any atom is -0.466 e. The Morgan fingerprint density at radius 1 is 1.20 bits per heavy atom. The van der Waals surface area contributed by atoms with Gasteiger partial charge in [0.15, 0.2) is 0 Å². The van der Waals surface area contributed by atoms with Crippen LogP contribution < -0.4 is 10.1 Å². The minimum absolute atomic E-state index is 0.0206. The number of hydrogen-bond donors (Lipinski definition) is 1. The van der Waals surface area contributed by atoms with E-state index >= 15 is 0 Å². The highest BCUT2D eigenvalue weighted by molar-refractivity contribution is 6.30. The number of rotatable bonds is 7. The van der Waals surface area contributed by atoms with E-state index in [0.717, 1.165) is 0 Å². The molecule has 1 aliphatic heterocycles. The second-order valence-electron chi connectivity index (χ2n) is 9.01. The van der Waals surface area contributed by atoms with E-state index in [1.807, 2.05) is 20.8 Å². The average Bonchev–Trinajstić information content (AvgIpc) is 3.17. The summed E-state index contributed by atoms with van der Waals surface area (Å²) in [5, 5.41) is 7.96. The number of nitrogens with zero attached hydrogens (tertiary/aromatic N) is 4. The number of ether oxygens (including phenoxy) is 1. The van der Waals surface area contributed by atoms with Gasteiger partial charge in [-0.3, -0.25) is 9.59 Å². The van der Waals surface area contributed by atoms with Crippen LogP contribution in [-0.2, 0) is 9.59 Å². The Hall–Kier alpha value is -2.61. The monoisotopic (exact) mass is 433 g/mol. The number of amides is 2. The zero-order chi connectivity index (χ0) is 22.1. The first-order valence-corrected chi connectivity index (χ1v) is 10.3. The second-order valence-corrected chi connectivity index (χ2v) is 9.45. The van der Waals surface area contributed by atoms with Crippen LogP contribution in [0, 0.1) is 5.41 Å². The smallest absolute Gasteiger partial charge is 0.245 e. The number of hydrogen-bond acceptors (Lipinski definition) is 5. The van der Waals surface area contributed by atoms with Gasteiger partial charge in [-0.1, -0.05) is 32.4 Å². The quantitative estimate of drug-likeness (QED) is 0.678. The van der Waals surface area contributed by atoms with Gasteiger partial charge in [0.25, 0.3) is 0 Å². The van der Waals surface area contributed by atoms with Gasteiger partial charge in [0.2, 0.25) is 18.0 Å². The fraction of sp³-hybridized carbons (Fsp3) is 0.524. The second kappa shape index (κ2) is 8.26. The van der Waals surface area contributed by atoms with Crippen LogP contribution in [0.1, 0.15) is 47.3 Å². The maximum absolute atomic E-state index is 13.2. The molecule has 1 aromatic heterocycles. The maximum atomic E-state index is 13.2. The fourth-order valence-corrected chi connectivity index (χ4v) is 3.46. The molecule has 3 rings (SSSR count). The van der Waals surface area contributed by atoms with Gasteiger partial charge in [0.05, 0.1) is 6.04 Å². The predicted octanol–water partition coefficient (Wildman–Crippen LogP) is 3.05. The highest BCUT2D eigenvalue weighted by Gasteiger charge is 2.45. The van der Waals surface area contributed by atoms with Gasteiger partial charge in [0.1, 0.15) is 23.9 Å². The van der Waals surface area contributed by atoms with Crippen molar-refractivity contribution in [3.05, 3.63) is 41.9 Å². The van der Waals surface area contributed by atoms with E-state index in [-0.39, 0.29) is 11.8 Å². The van der Waals surface area contributed by atoms with Crippen LogP contribution >= 0.6 is 11.6 Å². The van der Waals surface area contributed by atoms with E-state index in [0.29, 0.717) is 23.7 Å². The average molecular weight is 434 g/mol. The van der Waals surface area contributed by atoms with Crippen LogP contribution in [0.15, 0.2) is 36.9 Å². The van der Waals surface area contributed by atoms with E-state index < -0.39 is 23.2 Å². The number of carbonyl (C=O) groups is 2. The van der Waals surface area contributed by atoms with Crippen LogP contribution in [0.5, 0.6) is 5.75 Å². The summed E-state index contributed by atoms with van der Waals surface area (Å²) in [4.78, 5) is 30.8. The van der Waals surface area contributed by atoms with E-state index in [9.17, 15) is 9.59 Å². The van der Waals surface area contributed by atoms with Crippen molar-refractivity contribution in [3.63, 3.8) is 0 Å². The summed E-state index contributed by atoms with van der Waals surface area (Å²) < 4.78 is 7.82. The Kier molecular flexibility index (Phi) is 6.08. The van der Waals surface area contributed by atoms with Crippen molar-refractivity contribution >= 4 is 23.4 Å². The molecule has 9 heteroatoms. The third-order valence-corrected chi connectivity index (χ3v) is 5.61. The summed E-state index contributed by atoms with van der Waals surface area (Å²) in [5.74, 6) is 0.313. The van der Waals surface area contributed by atoms with Gasteiger partial charge in [0, 0.05) is 18.0 Å². The Labute approximate surface area is 181 Å². The molecular weight excluding hydrogens is 406 g/mol. The lowest BCUT2D eigenvalue weighted by molar-refractivity contribution is -0.155. The molecule has 0 spiro atoms. The lowest BCUT2D eigenvalue weighted by Crippen LogP contribution is -2.65. The molecule has 2 heterocycles. The molecular formula is C21H28ClN5O3. The van der Waals surface area contributed by atoms with E-state index in [1.54, 1.807) is 54.0 Å². The van der Waals surface area contributed by atoms with Crippen molar-refractivity contribution in [3.8, 4) is 5.75 Å². The summed E-state index contributed by atoms with van der Waals surface area (Å²) in [6, 6.07) is 6.52. The Balaban J connectivity index is 1.90. The van der Waals surface area contributed by atoms with Gasteiger partial charge < -0.3 is 15.0 Å². The summed E-state index contributed by atoms with van der Waals surface area (Å²) >= 11 is 5.99. The molecule has 1 fully saturated rings. The maximum Gasteiger partial charge on any atom is 0.245 e. The molecule has 1 saturated heterocycles. The molecule has 0 aliphatic carbocycles. The molecule has 2 atom stereocenters. The summed E-state index contributed by atoms with van der Waals surface area (Å²) in [5.41, 5.74) is -1.36. The van der Waals surface area contributed by atoms with E-state index in [4.69, 9.17) is 16.3 Å². The third kappa shape index (κ3) is 4.59. The van der Waals surface area contributed by atoms with Crippen molar-refractivity contribution in [1.82, 2.24) is 25.0 Å². The van der Waals surface area contributed by atoms with Crippen molar-refractivity contribution < 1.29 is 14.3 Å². The summed E-state index contributed by atoms with van der Waals surface area (Å²) in [7, 11) is 0. The first kappa shape index (κ1) is 22.1. The highest BCUT2D eigenvalue weighted by atomic mass is 35.5. The molecule has 0 saturated carbocycles. The minimum atomic E-state index is -0.966. The molecule has 0 radical (unpaired) electrons. The van der Waals surface area contributed by atoms with Crippen molar-refractivity contribution in [2.24, 2.45) is 5.41 Å². The van der Waals surface area contributed by atoms with Crippen LogP contribution in [0.3, 0.4) is 0 Å². The fourth-order valence-electron chi connectivity index (χ4n) is 3.34. The Morgan fingerprint density at radius 2 is 1.87 bits per heavy atom. The molecule has 1 aromatic carbocycles. The largest absolute Gasteiger partial charge is 0.466 e. The normalized spacial score (nSPS) is 16.6. The number of aromatic nitrogens is 3. The predicted molar refractivity (Wildman–Crippen MR) is 113 cm³/mol. The summed E-state index contributed by atoms with van der Waals surface area (Å²) in [6.45, 7) is 10.1. The molecule has 30 heavy (non-hydrogen) atoms. The molecule has 0 bridgehead atoms. The van der Waals surface area contributed by atoms with Gasteiger partial charge in [-0.25, -0.2) is 9.67 Å². The number of β-lactam (4-membered cyclic amide) rings is 1. The lowest BCUT2D eigenvalue weighted by atomic mass is 9.84. The van der Waals surface area contributed by atoms with E-state index in [1.165, 1.54) is 6.33 Å². The van der Waals surface area contributed by atoms with Crippen molar-refractivity contribution in [2.75, 3.05) is 6.54 Å². The summed E-state index contributed by atoms with van der Waals surface area (Å²) in [6.07, 6.45) is 2.78. The van der Waals surface area contributed by atoms with Gasteiger partial charge >= 0.3 is 0 Å². The number of likely N-dealkylation sites (tertiary alicyclic amines) is 1. The van der Waals surface area contributed by atoms with E-state index in [2.05, 4.69) is 15.4 Å². The standard InChI is InChI=1S/C21H28ClN5O3/c1-20(2,3)17(25-19(29)21(4,5)26-11-10-16(26)28)18(27-13-23-12-24-27)30-15-8-6-14(22)7-9-15/h6-9,12-13,17-18H,10-11H2,1-5H3,(H,25,29). The van der Waals surface area contributed by atoms with Gasteiger partial charge in [-0.2, -0.15) is 5.10 Å². The van der Waals surface area contributed by atoms with Gasteiger partial charge in [-0.15, -0.1) is 0 Å². The topological polar surface area (TPSA) is 89.4 Å². The Morgan fingerprint density at radius 3 is 2.33 bits per heavy atom. The lowest BCUT2D eigenvalue weighted by Gasteiger charge is -2.45. The third-order valence-electron chi connectivity index (χ3n) is 5.35. The zero-order valence-corrected chi connectivity index (χ0v) is 18.7. The molecule has 162 valence electrons. The molecule has 8 nitrogen and oxygen atoms in total. The molecule has 2 aromatic rings. The number of benzene rings is 1.